The van der Waals surface area contributed by atoms with Crippen LogP contribution in [0.2, 0.25) is 0 Å². The number of hydrogen-bond donors (Lipinski definition) is 0. The van der Waals surface area contributed by atoms with E-state index in [1.54, 1.807) is 41.8 Å². The zero-order valence-electron chi connectivity index (χ0n) is 23.6. The van der Waals surface area contributed by atoms with Gasteiger partial charge >= 0.3 is 0 Å². The second-order valence-corrected chi connectivity index (χ2v) is 15.5. The summed E-state index contributed by atoms with van der Waals surface area (Å²) in [6.07, 6.45) is 15.6. The van der Waals surface area contributed by atoms with Crippen LogP contribution in [0.4, 0.5) is 0 Å². The summed E-state index contributed by atoms with van der Waals surface area (Å²) < 4.78 is 0. The number of hydrogen-bond acceptors (Lipinski definition) is 4. The van der Waals surface area contributed by atoms with Gasteiger partial charge in [0.05, 0.1) is 0 Å². The predicted octanol–water partition coefficient (Wildman–Crippen LogP) is 12.9. The second-order valence-electron chi connectivity index (χ2n) is 11.6. The molecular weight excluding hydrogens is 537 g/mol. The first-order valence-corrected chi connectivity index (χ1v) is 18.5. The molecule has 0 aromatic carbocycles. The molecule has 0 unspecified atom stereocenters. The van der Waals surface area contributed by atoms with Crippen molar-refractivity contribution in [1.29, 1.82) is 0 Å². The van der Waals surface area contributed by atoms with Gasteiger partial charge in [-0.2, -0.15) is 0 Å². The minimum atomic E-state index is 0.234. The first-order chi connectivity index (χ1) is 18.6. The van der Waals surface area contributed by atoms with E-state index in [-0.39, 0.29) is 10.8 Å². The third kappa shape index (κ3) is 4.07. The van der Waals surface area contributed by atoms with Crippen LogP contribution < -0.4 is 0 Å². The third-order valence-corrected chi connectivity index (χ3v) is 14.0. The van der Waals surface area contributed by atoms with E-state index in [4.69, 9.17) is 0 Å². The van der Waals surface area contributed by atoms with E-state index in [0.29, 0.717) is 0 Å². The normalized spacial score (nSPS) is 16.0. The highest BCUT2D eigenvalue weighted by Gasteiger charge is 2.46. The fourth-order valence-corrected chi connectivity index (χ4v) is 12.3. The van der Waals surface area contributed by atoms with E-state index in [1.807, 2.05) is 22.7 Å². The molecule has 38 heavy (non-hydrogen) atoms. The van der Waals surface area contributed by atoms with Crippen LogP contribution in [0, 0.1) is 0 Å². The minimum Gasteiger partial charge on any atom is -0.143 e. The van der Waals surface area contributed by atoms with Crippen molar-refractivity contribution < 1.29 is 0 Å². The molecule has 4 heteroatoms. The van der Waals surface area contributed by atoms with E-state index in [0.717, 1.165) is 0 Å². The summed E-state index contributed by atoms with van der Waals surface area (Å²) in [5.74, 6) is 0. The second kappa shape index (κ2) is 11.0. The van der Waals surface area contributed by atoms with E-state index in [9.17, 15) is 0 Å². The highest BCUT2D eigenvalue weighted by molar-refractivity contribution is 7.28. The Labute approximate surface area is 246 Å². The molecule has 202 valence electrons. The lowest BCUT2D eigenvalue weighted by molar-refractivity contribution is 0.415. The van der Waals surface area contributed by atoms with Gasteiger partial charge < -0.3 is 0 Å². The van der Waals surface area contributed by atoms with E-state index >= 15 is 0 Å². The monoisotopic (exact) mass is 578 g/mol. The highest BCUT2D eigenvalue weighted by Crippen LogP contribution is 2.63. The Morgan fingerprint density at radius 2 is 0.868 bits per heavy atom. The fraction of sp³-hybridized carbons (Fsp3) is 0.529. The highest BCUT2D eigenvalue weighted by atomic mass is 32.1. The molecule has 4 aromatic rings. The lowest BCUT2D eigenvalue weighted by Crippen LogP contribution is -2.24. The molecule has 6 rings (SSSR count). The number of unbranched alkanes of at least 4 members (excludes halogenated alkanes) is 4. The van der Waals surface area contributed by atoms with Crippen LogP contribution in [-0.4, -0.2) is 0 Å². The van der Waals surface area contributed by atoms with Crippen molar-refractivity contribution in [3.05, 3.63) is 57.3 Å². The van der Waals surface area contributed by atoms with Crippen molar-refractivity contribution >= 4 is 45.3 Å². The molecular formula is C34H42S4. The van der Waals surface area contributed by atoms with Gasteiger partial charge in [0, 0.05) is 40.1 Å². The van der Waals surface area contributed by atoms with Gasteiger partial charge in [0.15, 0.2) is 0 Å². The maximum atomic E-state index is 2.65. The number of thiophene rings is 4. The molecule has 0 spiro atoms. The summed E-state index contributed by atoms with van der Waals surface area (Å²) in [5.41, 5.74) is 7.08. The largest absolute Gasteiger partial charge is 0.143 e. The van der Waals surface area contributed by atoms with Crippen molar-refractivity contribution in [2.75, 3.05) is 0 Å². The Bertz CT molecular complexity index is 1270. The minimum absolute atomic E-state index is 0.234. The first kappa shape index (κ1) is 27.0. The average molecular weight is 579 g/mol. The van der Waals surface area contributed by atoms with Gasteiger partial charge in [-0.05, 0) is 83.0 Å². The Balaban J connectivity index is 1.46. The van der Waals surface area contributed by atoms with Crippen molar-refractivity contribution in [1.82, 2.24) is 0 Å². The summed E-state index contributed by atoms with van der Waals surface area (Å²) >= 11 is 8.15. The van der Waals surface area contributed by atoms with Crippen LogP contribution in [0.3, 0.4) is 0 Å². The maximum absolute atomic E-state index is 2.65. The average Bonchev–Trinajstić information content (AvgIpc) is 3.75. The fourth-order valence-electron chi connectivity index (χ4n) is 7.33. The SMILES string of the molecule is CCCCC1(CCCC)c2ccsc2-c2sc(-c3cc4c(s3)-c3sccc3C4(CCCC)CCCC)cc21. The zero-order chi connectivity index (χ0) is 26.3. The molecule has 0 saturated carbocycles. The molecule has 0 nitrogen and oxygen atoms in total. The van der Waals surface area contributed by atoms with Gasteiger partial charge in [-0.25, -0.2) is 0 Å². The van der Waals surface area contributed by atoms with Crippen molar-refractivity contribution in [3.63, 3.8) is 0 Å². The summed E-state index contributed by atoms with van der Waals surface area (Å²) in [5, 5.41) is 4.71. The van der Waals surface area contributed by atoms with E-state index in [2.05, 4.69) is 85.4 Å². The molecule has 2 aliphatic rings. The molecule has 0 aliphatic heterocycles. The van der Waals surface area contributed by atoms with E-state index in [1.165, 1.54) is 86.8 Å². The standard InChI is InChI=1S/C34H42S4/c1-5-9-15-33(16-10-6-2)23-13-19-35-29(23)31-25(33)21-27(37-31)28-22-26-32(38-28)30-24(14-20-36-30)34(26,17-11-7-3)18-12-8-4/h13-14,19-22H,5-12,15-18H2,1-4H3. The Hall–Kier alpha value is -1.20. The lowest BCUT2D eigenvalue weighted by Gasteiger charge is -2.31. The summed E-state index contributed by atoms with van der Waals surface area (Å²) in [6.45, 7) is 9.41. The molecule has 0 radical (unpaired) electrons. The Kier molecular flexibility index (Phi) is 7.81. The smallest absolute Gasteiger partial charge is 0.0493 e. The number of fused-ring (bicyclic) bond motifs is 6. The van der Waals surface area contributed by atoms with Crippen molar-refractivity contribution in [3.8, 4) is 29.3 Å². The Morgan fingerprint density at radius 1 is 0.500 bits per heavy atom. The van der Waals surface area contributed by atoms with Crippen LogP contribution in [0.1, 0.15) is 127 Å². The first-order valence-electron chi connectivity index (χ1n) is 15.1. The molecule has 0 fully saturated rings. The molecule has 0 saturated heterocycles. The molecule has 4 aromatic heterocycles. The van der Waals surface area contributed by atoms with Crippen LogP contribution in [0.5, 0.6) is 0 Å². The lowest BCUT2D eigenvalue weighted by atomic mass is 9.71. The van der Waals surface area contributed by atoms with E-state index < -0.39 is 0 Å². The van der Waals surface area contributed by atoms with Gasteiger partial charge in [-0.15, -0.1) is 45.3 Å². The van der Waals surface area contributed by atoms with Gasteiger partial charge in [-0.3, -0.25) is 0 Å². The van der Waals surface area contributed by atoms with Gasteiger partial charge in [-0.1, -0.05) is 79.1 Å². The quantitative estimate of drug-likeness (QED) is 0.148. The third-order valence-electron chi connectivity index (χ3n) is 9.34. The molecule has 0 bridgehead atoms. The van der Waals surface area contributed by atoms with Crippen LogP contribution in [0.15, 0.2) is 35.0 Å². The van der Waals surface area contributed by atoms with Crippen molar-refractivity contribution in [2.24, 2.45) is 0 Å². The predicted molar refractivity (Wildman–Crippen MR) is 174 cm³/mol. The molecule has 2 aliphatic carbocycles. The molecule has 4 heterocycles. The molecule has 0 atom stereocenters. The van der Waals surface area contributed by atoms with Crippen molar-refractivity contribution in [2.45, 2.75) is 116 Å². The van der Waals surface area contributed by atoms with Gasteiger partial charge in [0.25, 0.3) is 0 Å². The van der Waals surface area contributed by atoms with Crippen LogP contribution >= 0.6 is 45.3 Å². The number of rotatable bonds is 13. The summed E-state index contributed by atoms with van der Waals surface area (Å²) in [6, 6.07) is 10.2. The topological polar surface area (TPSA) is 0 Å². The maximum Gasteiger partial charge on any atom is 0.0493 e. The van der Waals surface area contributed by atoms with Crippen LogP contribution in [-0.2, 0) is 10.8 Å². The zero-order valence-corrected chi connectivity index (χ0v) is 26.8. The molecule has 0 amide bonds. The molecule has 0 N–H and O–H groups in total. The van der Waals surface area contributed by atoms with Gasteiger partial charge in [0.1, 0.15) is 0 Å². The van der Waals surface area contributed by atoms with Gasteiger partial charge in [0.2, 0.25) is 0 Å². The summed E-state index contributed by atoms with van der Waals surface area (Å²) in [7, 11) is 0. The Morgan fingerprint density at radius 3 is 1.21 bits per heavy atom. The summed E-state index contributed by atoms with van der Waals surface area (Å²) in [4.78, 5) is 9.37. The van der Waals surface area contributed by atoms with Crippen LogP contribution in [0.25, 0.3) is 29.3 Å².